The van der Waals surface area contributed by atoms with Crippen molar-refractivity contribution in [3.05, 3.63) is 126 Å². The lowest BCUT2D eigenvalue weighted by molar-refractivity contribution is 1.28. The number of benzene rings is 5. The Bertz CT molecular complexity index is 1730. The first-order valence-electron chi connectivity index (χ1n) is 12.8. The zero-order valence-corrected chi connectivity index (χ0v) is 25.0. The molecule has 0 N–H and O–H groups in total. The Balaban J connectivity index is 1.70. The van der Waals surface area contributed by atoms with Gasteiger partial charge in [0.25, 0.3) is 0 Å². The summed E-state index contributed by atoms with van der Waals surface area (Å²) < 4.78 is 0. The Kier molecular flexibility index (Phi) is 5.49. The molecular formula is C33H27NP2S2. The minimum Gasteiger partial charge on any atom is -0.308 e. The first-order valence-corrected chi connectivity index (χ1v) is 18.4. The first kappa shape index (κ1) is 24.3. The number of hydrogen-bond donors (Lipinski definition) is 0. The molecular weight excluding hydrogens is 536 g/mol. The van der Waals surface area contributed by atoms with E-state index in [1.54, 1.807) is 0 Å². The fourth-order valence-corrected chi connectivity index (χ4v) is 14.8. The van der Waals surface area contributed by atoms with Crippen LogP contribution >= 0.6 is 12.1 Å². The van der Waals surface area contributed by atoms with Crippen molar-refractivity contribution in [3.8, 4) is 0 Å². The van der Waals surface area contributed by atoms with Gasteiger partial charge in [-0.05, 0) is 72.3 Å². The molecule has 0 aliphatic carbocycles. The summed E-state index contributed by atoms with van der Waals surface area (Å²) in [4.78, 5) is 2.50. The predicted octanol–water partition coefficient (Wildman–Crippen LogP) is 6.22. The van der Waals surface area contributed by atoms with Crippen LogP contribution in [0.15, 0.2) is 109 Å². The van der Waals surface area contributed by atoms with E-state index in [0.29, 0.717) is 0 Å². The molecule has 0 fully saturated rings. The highest BCUT2D eigenvalue weighted by atomic mass is 32.4. The quantitative estimate of drug-likeness (QED) is 0.230. The van der Waals surface area contributed by atoms with Gasteiger partial charge in [-0.25, -0.2) is 0 Å². The summed E-state index contributed by atoms with van der Waals surface area (Å²) in [5.74, 6) is 0. The van der Waals surface area contributed by atoms with Gasteiger partial charge in [0, 0.05) is 33.3 Å². The third-order valence-electron chi connectivity index (χ3n) is 7.78. The summed E-state index contributed by atoms with van der Waals surface area (Å²) in [5.41, 5.74) is 7.33. The van der Waals surface area contributed by atoms with Crippen LogP contribution in [0, 0.1) is 20.8 Å². The van der Waals surface area contributed by atoms with E-state index in [-0.39, 0.29) is 0 Å². The second-order valence-electron chi connectivity index (χ2n) is 10.4. The van der Waals surface area contributed by atoms with Crippen molar-refractivity contribution in [2.75, 3.05) is 4.90 Å². The highest BCUT2D eigenvalue weighted by molar-refractivity contribution is 8.27. The maximum Gasteiger partial charge on any atom is 0.0644 e. The molecule has 7 rings (SSSR count). The molecule has 0 bridgehead atoms. The van der Waals surface area contributed by atoms with Gasteiger partial charge in [0.05, 0.1) is 17.1 Å². The van der Waals surface area contributed by atoms with E-state index in [9.17, 15) is 0 Å². The summed E-state index contributed by atoms with van der Waals surface area (Å²) in [5, 5.41) is 7.52. The lowest BCUT2D eigenvalue weighted by Crippen LogP contribution is -2.46. The third kappa shape index (κ3) is 3.23. The highest BCUT2D eigenvalue weighted by Gasteiger charge is 2.46. The third-order valence-corrected chi connectivity index (χ3v) is 17.6. The van der Waals surface area contributed by atoms with Crippen molar-refractivity contribution in [1.29, 1.82) is 0 Å². The second kappa shape index (κ2) is 8.60. The van der Waals surface area contributed by atoms with Crippen LogP contribution in [0.2, 0.25) is 0 Å². The number of rotatable bonds is 2. The summed E-state index contributed by atoms with van der Waals surface area (Å²) >= 11 is 13.8. The minimum absolute atomic E-state index is 1.20. The van der Waals surface area contributed by atoms with E-state index in [1.165, 1.54) is 65.6 Å². The molecule has 38 heavy (non-hydrogen) atoms. The number of fused-ring (bicyclic) bond motifs is 4. The standard InChI is InChI=1S/C33H27NP2S2/c1-22-14-16-29-27(18-22)34-28-19-23(2)15-17-30(28)36(38,26-12-8-5-9-13-26)32-21-24(3)20-31(33(32)34)35(29,37)25-10-6-4-7-11-25/h4-21H,1-3H3. The van der Waals surface area contributed by atoms with Gasteiger partial charge in [0.1, 0.15) is 0 Å². The van der Waals surface area contributed by atoms with Gasteiger partial charge < -0.3 is 4.90 Å². The molecule has 0 saturated carbocycles. The van der Waals surface area contributed by atoms with Crippen LogP contribution in [-0.2, 0) is 23.6 Å². The van der Waals surface area contributed by atoms with Gasteiger partial charge in [0.2, 0.25) is 0 Å². The molecule has 2 aliphatic heterocycles. The Morgan fingerprint density at radius 2 is 0.895 bits per heavy atom. The molecule has 0 amide bonds. The maximum absolute atomic E-state index is 6.90. The maximum atomic E-state index is 6.90. The van der Waals surface area contributed by atoms with Crippen molar-refractivity contribution < 1.29 is 0 Å². The van der Waals surface area contributed by atoms with E-state index < -0.39 is 12.1 Å². The normalized spacial score (nSPS) is 20.9. The Hall–Kier alpha value is -2.80. The molecule has 0 spiro atoms. The molecule has 0 saturated heterocycles. The minimum atomic E-state index is -2.34. The van der Waals surface area contributed by atoms with Gasteiger partial charge in [-0.2, -0.15) is 0 Å². The molecule has 1 nitrogen and oxygen atoms in total. The Labute approximate surface area is 235 Å². The number of anilines is 3. The van der Waals surface area contributed by atoms with Crippen LogP contribution < -0.4 is 36.7 Å². The highest BCUT2D eigenvalue weighted by Crippen LogP contribution is 2.60. The van der Waals surface area contributed by atoms with Gasteiger partial charge >= 0.3 is 0 Å². The summed E-state index contributed by atoms with van der Waals surface area (Å²) in [6.07, 6.45) is 0. The zero-order chi connectivity index (χ0) is 26.2. The summed E-state index contributed by atoms with van der Waals surface area (Å²) in [6, 6.07) is 35.3. The zero-order valence-electron chi connectivity index (χ0n) is 21.6. The van der Waals surface area contributed by atoms with E-state index in [0.717, 1.165) is 0 Å². The van der Waals surface area contributed by atoms with Gasteiger partial charge in [-0.15, -0.1) is 0 Å². The lowest BCUT2D eigenvalue weighted by Gasteiger charge is -2.47. The molecule has 2 heterocycles. The topological polar surface area (TPSA) is 3.24 Å². The largest absolute Gasteiger partial charge is 0.308 e. The molecule has 0 radical (unpaired) electrons. The molecule has 5 heteroatoms. The Morgan fingerprint density at radius 1 is 0.474 bits per heavy atom. The number of hydrogen-bond acceptors (Lipinski definition) is 3. The molecule has 5 aromatic rings. The van der Waals surface area contributed by atoms with Crippen LogP contribution in [0.4, 0.5) is 17.1 Å². The summed E-state index contributed by atoms with van der Waals surface area (Å²) in [7, 11) is 0. The van der Waals surface area contributed by atoms with Crippen molar-refractivity contribution in [1.82, 2.24) is 0 Å². The lowest BCUT2D eigenvalue weighted by atomic mass is 10.1. The van der Waals surface area contributed by atoms with Crippen LogP contribution in [0.5, 0.6) is 0 Å². The van der Waals surface area contributed by atoms with Crippen molar-refractivity contribution >= 4 is 84.6 Å². The molecule has 2 aliphatic rings. The number of aryl methyl sites for hydroxylation is 3. The average molecular weight is 564 g/mol. The van der Waals surface area contributed by atoms with Crippen molar-refractivity contribution in [2.24, 2.45) is 0 Å². The molecule has 5 aromatic carbocycles. The second-order valence-corrected chi connectivity index (χ2v) is 19.0. The Morgan fingerprint density at radius 3 is 1.32 bits per heavy atom. The summed E-state index contributed by atoms with van der Waals surface area (Å²) in [6.45, 7) is 6.55. The van der Waals surface area contributed by atoms with Gasteiger partial charge in [-0.1, -0.05) is 109 Å². The van der Waals surface area contributed by atoms with Crippen LogP contribution in [0.3, 0.4) is 0 Å². The van der Waals surface area contributed by atoms with Crippen LogP contribution in [0.1, 0.15) is 16.7 Å². The molecule has 186 valence electrons. The van der Waals surface area contributed by atoms with Gasteiger partial charge in [0.15, 0.2) is 0 Å². The monoisotopic (exact) mass is 563 g/mol. The molecule has 2 atom stereocenters. The van der Waals surface area contributed by atoms with E-state index in [1.807, 2.05) is 0 Å². The fourth-order valence-electron chi connectivity index (χ4n) is 6.07. The average Bonchev–Trinajstić information content (AvgIpc) is 2.93. The van der Waals surface area contributed by atoms with Gasteiger partial charge in [-0.3, -0.25) is 0 Å². The van der Waals surface area contributed by atoms with E-state index in [2.05, 4.69) is 135 Å². The molecule has 2 unspecified atom stereocenters. The smallest absolute Gasteiger partial charge is 0.0644 e. The van der Waals surface area contributed by atoms with Crippen molar-refractivity contribution in [2.45, 2.75) is 20.8 Å². The van der Waals surface area contributed by atoms with Crippen LogP contribution in [0.25, 0.3) is 0 Å². The molecule has 0 aromatic heterocycles. The van der Waals surface area contributed by atoms with E-state index >= 15 is 0 Å². The van der Waals surface area contributed by atoms with E-state index in [4.69, 9.17) is 23.6 Å². The SMILES string of the molecule is Cc1ccc2c(c1)N1c3cc(C)ccc3P(=S)(c3ccccc3)c3cc(C)cc(c31)P2(=S)c1ccccc1. The first-order chi connectivity index (χ1) is 18.3. The van der Waals surface area contributed by atoms with Crippen molar-refractivity contribution in [3.63, 3.8) is 0 Å². The predicted molar refractivity (Wildman–Crippen MR) is 175 cm³/mol. The fraction of sp³-hybridized carbons (Fsp3) is 0.0909. The number of nitrogens with zero attached hydrogens (tertiary/aromatic N) is 1. The van der Waals surface area contributed by atoms with Crippen LogP contribution in [-0.4, -0.2) is 0 Å².